The number of urea groups is 1. The summed E-state index contributed by atoms with van der Waals surface area (Å²) in [4.78, 5) is 24.1. The lowest BCUT2D eigenvalue weighted by Gasteiger charge is -2.34. The summed E-state index contributed by atoms with van der Waals surface area (Å²) in [6.07, 6.45) is -0.472. The molecule has 110 valence electrons. The molecule has 0 saturated carbocycles. The van der Waals surface area contributed by atoms with E-state index < -0.39 is 12.1 Å². The number of rotatable bonds is 5. The fourth-order valence-electron chi connectivity index (χ4n) is 2.06. The van der Waals surface area contributed by atoms with Crippen LogP contribution in [0.15, 0.2) is 0 Å². The summed E-state index contributed by atoms with van der Waals surface area (Å²) in [6, 6.07) is -0.244. The third-order valence-corrected chi connectivity index (χ3v) is 3.36. The Morgan fingerprint density at radius 2 is 2.21 bits per heavy atom. The van der Waals surface area contributed by atoms with Crippen LogP contribution >= 0.6 is 0 Å². The minimum atomic E-state index is -0.962. The number of carboxylic acid groups (broad SMARTS) is 1. The van der Waals surface area contributed by atoms with E-state index >= 15 is 0 Å². The number of aliphatic hydroxyl groups excluding tert-OH is 1. The number of methoxy groups -OCH3 is 1. The Bertz CT molecular complexity index is 323. The van der Waals surface area contributed by atoms with Crippen LogP contribution in [0.4, 0.5) is 4.79 Å². The number of carboxylic acids is 1. The molecule has 0 aromatic carbocycles. The molecular formula is C12H22N2O5. The van der Waals surface area contributed by atoms with Crippen LogP contribution in [0.1, 0.15) is 19.8 Å². The minimum Gasteiger partial charge on any atom is -0.481 e. The number of likely N-dealkylation sites (tertiary alicyclic amines) is 1. The van der Waals surface area contributed by atoms with E-state index in [0.717, 1.165) is 0 Å². The second-order valence-electron chi connectivity index (χ2n) is 4.92. The van der Waals surface area contributed by atoms with Gasteiger partial charge in [0, 0.05) is 26.7 Å². The number of hydrogen-bond donors (Lipinski definition) is 3. The first kappa shape index (κ1) is 15.7. The van der Waals surface area contributed by atoms with Crippen LogP contribution in [0.5, 0.6) is 0 Å². The highest BCUT2D eigenvalue weighted by molar-refractivity contribution is 5.74. The predicted molar refractivity (Wildman–Crippen MR) is 67.8 cm³/mol. The maximum absolute atomic E-state index is 11.9. The van der Waals surface area contributed by atoms with E-state index in [-0.39, 0.29) is 31.0 Å². The molecule has 0 aliphatic carbocycles. The largest absolute Gasteiger partial charge is 0.481 e. The van der Waals surface area contributed by atoms with Gasteiger partial charge in [-0.1, -0.05) is 6.92 Å². The average molecular weight is 274 g/mol. The SMILES string of the molecule is COC(CNC(=O)N1CCC(O)C(C)C1)CC(=O)O. The number of nitrogens with one attached hydrogen (secondary N) is 1. The first-order valence-electron chi connectivity index (χ1n) is 6.39. The quantitative estimate of drug-likeness (QED) is 0.649. The number of aliphatic carboxylic acids is 1. The van der Waals surface area contributed by atoms with E-state index in [1.54, 1.807) is 4.90 Å². The van der Waals surface area contributed by atoms with Crippen molar-refractivity contribution < 1.29 is 24.5 Å². The second kappa shape index (κ2) is 7.30. The summed E-state index contributed by atoms with van der Waals surface area (Å²) < 4.78 is 4.98. The van der Waals surface area contributed by atoms with Gasteiger partial charge in [-0.3, -0.25) is 4.79 Å². The van der Waals surface area contributed by atoms with Gasteiger partial charge in [0.1, 0.15) is 0 Å². The van der Waals surface area contributed by atoms with Gasteiger partial charge < -0.3 is 25.2 Å². The van der Waals surface area contributed by atoms with Gasteiger partial charge in [-0.2, -0.15) is 0 Å². The summed E-state index contributed by atoms with van der Waals surface area (Å²) in [5.74, 6) is -0.910. The van der Waals surface area contributed by atoms with Gasteiger partial charge >= 0.3 is 12.0 Å². The summed E-state index contributed by atoms with van der Waals surface area (Å²) >= 11 is 0. The summed E-state index contributed by atoms with van der Waals surface area (Å²) in [6.45, 7) is 3.07. The molecule has 3 atom stereocenters. The Hall–Kier alpha value is -1.34. The zero-order chi connectivity index (χ0) is 14.4. The average Bonchev–Trinajstić information content (AvgIpc) is 2.36. The molecule has 7 nitrogen and oxygen atoms in total. The summed E-state index contributed by atoms with van der Waals surface area (Å²) in [5, 5.41) is 20.9. The van der Waals surface area contributed by atoms with Crippen LogP contribution in [-0.4, -0.2) is 66.1 Å². The van der Waals surface area contributed by atoms with E-state index in [0.29, 0.717) is 19.5 Å². The standard InChI is InChI=1S/C12H22N2O5/c1-8-7-14(4-3-10(8)15)12(18)13-6-9(19-2)5-11(16)17/h8-10,15H,3-7H2,1-2H3,(H,13,18)(H,16,17). The lowest BCUT2D eigenvalue weighted by Crippen LogP contribution is -2.50. The highest BCUT2D eigenvalue weighted by atomic mass is 16.5. The van der Waals surface area contributed by atoms with Crippen LogP contribution < -0.4 is 5.32 Å². The Morgan fingerprint density at radius 3 is 2.74 bits per heavy atom. The molecule has 3 unspecified atom stereocenters. The van der Waals surface area contributed by atoms with Gasteiger partial charge in [0.05, 0.1) is 18.6 Å². The Labute approximate surface area is 112 Å². The second-order valence-corrected chi connectivity index (χ2v) is 4.92. The number of hydrogen-bond acceptors (Lipinski definition) is 4. The van der Waals surface area contributed by atoms with Gasteiger partial charge in [0.15, 0.2) is 0 Å². The van der Waals surface area contributed by atoms with Gasteiger partial charge in [-0.15, -0.1) is 0 Å². The molecule has 0 bridgehead atoms. The maximum Gasteiger partial charge on any atom is 0.317 e. The van der Waals surface area contributed by atoms with E-state index in [1.165, 1.54) is 7.11 Å². The molecule has 0 aromatic heterocycles. The predicted octanol–water partition coefficient (Wildman–Crippen LogP) is -0.112. The molecule has 1 aliphatic rings. The highest BCUT2D eigenvalue weighted by Gasteiger charge is 2.27. The fourth-order valence-corrected chi connectivity index (χ4v) is 2.06. The molecule has 2 amide bonds. The van der Waals surface area contributed by atoms with Crippen LogP contribution in [0.2, 0.25) is 0 Å². The summed E-state index contributed by atoms with van der Waals surface area (Å²) in [5.41, 5.74) is 0. The number of carbonyl (C=O) groups excluding carboxylic acids is 1. The van der Waals surface area contributed by atoms with Crippen LogP contribution in [0.25, 0.3) is 0 Å². The van der Waals surface area contributed by atoms with Crippen molar-refractivity contribution >= 4 is 12.0 Å². The molecule has 1 rings (SSSR count). The van der Waals surface area contributed by atoms with Crippen LogP contribution in [-0.2, 0) is 9.53 Å². The van der Waals surface area contributed by atoms with Crippen molar-refractivity contribution in [2.75, 3.05) is 26.7 Å². The van der Waals surface area contributed by atoms with E-state index in [9.17, 15) is 14.7 Å². The fraction of sp³-hybridized carbons (Fsp3) is 0.833. The van der Waals surface area contributed by atoms with Crippen LogP contribution in [0, 0.1) is 5.92 Å². The van der Waals surface area contributed by atoms with Crippen molar-refractivity contribution in [2.24, 2.45) is 5.92 Å². The molecule has 1 heterocycles. The van der Waals surface area contributed by atoms with Crippen molar-refractivity contribution in [1.82, 2.24) is 10.2 Å². The first-order valence-corrected chi connectivity index (χ1v) is 6.39. The number of piperidine rings is 1. The number of carbonyl (C=O) groups is 2. The van der Waals surface area contributed by atoms with Crippen molar-refractivity contribution in [1.29, 1.82) is 0 Å². The van der Waals surface area contributed by atoms with Crippen LogP contribution in [0.3, 0.4) is 0 Å². The third kappa shape index (κ3) is 5.04. The normalized spacial score (nSPS) is 24.9. The van der Waals surface area contributed by atoms with Gasteiger partial charge in [0.2, 0.25) is 0 Å². The van der Waals surface area contributed by atoms with Gasteiger partial charge in [-0.25, -0.2) is 4.79 Å². The molecule has 19 heavy (non-hydrogen) atoms. The molecular weight excluding hydrogens is 252 g/mol. The molecule has 7 heteroatoms. The maximum atomic E-state index is 11.9. The molecule has 1 saturated heterocycles. The zero-order valence-electron chi connectivity index (χ0n) is 11.3. The molecule has 0 radical (unpaired) electrons. The zero-order valence-corrected chi connectivity index (χ0v) is 11.3. The Kier molecular flexibility index (Phi) is 6.04. The van der Waals surface area contributed by atoms with Gasteiger partial charge in [0.25, 0.3) is 0 Å². The lowest BCUT2D eigenvalue weighted by molar-refractivity contribution is -0.139. The number of amides is 2. The molecule has 1 fully saturated rings. The van der Waals surface area contributed by atoms with E-state index in [2.05, 4.69) is 5.32 Å². The van der Waals surface area contributed by atoms with E-state index in [4.69, 9.17) is 9.84 Å². The topological polar surface area (TPSA) is 99.1 Å². The highest BCUT2D eigenvalue weighted by Crippen LogP contribution is 2.16. The minimum absolute atomic E-state index is 0.0525. The molecule has 0 spiro atoms. The van der Waals surface area contributed by atoms with Crippen molar-refractivity contribution in [3.63, 3.8) is 0 Å². The van der Waals surface area contributed by atoms with Crippen molar-refractivity contribution in [3.8, 4) is 0 Å². The van der Waals surface area contributed by atoms with Gasteiger partial charge in [-0.05, 0) is 12.3 Å². The lowest BCUT2D eigenvalue weighted by atomic mass is 9.97. The Morgan fingerprint density at radius 1 is 1.53 bits per heavy atom. The summed E-state index contributed by atoms with van der Waals surface area (Å²) in [7, 11) is 1.42. The monoisotopic (exact) mass is 274 g/mol. The molecule has 1 aliphatic heterocycles. The first-order chi connectivity index (χ1) is 8.93. The van der Waals surface area contributed by atoms with Crippen molar-refractivity contribution in [3.05, 3.63) is 0 Å². The smallest absolute Gasteiger partial charge is 0.317 e. The number of aliphatic hydroxyl groups is 1. The molecule has 0 aromatic rings. The number of nitrogens with zero attached hydrogens (tertiary/aromatic N) is 1. The number of ether oxygens (including phenoxy) is 1. The molecule has 3 N–H and O–H groups in total. The third-order valence-electron chi connectivity index (χ3n) is 3.36. The van der Waals surface area contributed by atoms with E-state index in [1.807, 2.05) is 6.92 Å². The van der Waals surface area contributed by atoms with Crippen molar-refractivity contribution in [2.45, 2.75) is 32.0 Å². The Balaban J connectivity index is 2.36.